The lowest BCUT2D eigenvalue weighted by molar-refractivity contribution is -0.289. The number of ether oxygens (including phenoxy) is 6. The fourth-order valence-electron chi connectivity index (χ4n) is 4.85. The molecule has 1 saturated heterocycles. The summed E-state index contributed by atoms with van der Waals surface area (Å²) >= 11 is 0. The quantitative estimate of drug-likeness (QED) is 0.104. The van der Waals surface area contributed by atoms with E-state index in [9.17, 15) is 26.4 Å². The van der Waals surface area contributed by atoms with E-state index < -0.39 is 69.9 Å². The summed E-state index contributed by atoms with van der Waals surface area (Å²) in [6, 6.07) is 27.0. The van der Waals surface area contributed by atoms with Gasteiger partial charge >= 0.3 is 12.3 Å². The molecule has 0 radical (unpaired) electrons. The van der Waals surface area contributed by atoms with Gasteiger partial charge in [0.25, 0.3) is 20.2 Å². The standard InChI is InChI=1S/C35H34O14S2/c1-23-14-18-27(19-15-23)50(38,39)43-22-29-30(49-51(40,41)28-20-16-24(2)17-21-28)31(47-34(36)44-25-10-6-4-7-11-25)32(33(42-3)46-29)48-35(37)45-26-12-8-5-9-13-26/h4-21,29-33H,22H2,1-3H3/t29-,30-,31-,32+,33-/m1/s1. The highest BCUT2D eigenvalue weighted by Crippen LogP contribution is 2.33. The summed E-state index contributed by atoms with van der Waals surface area (Å²) in [6.45, 7) is 2.65. The average molecular weight is 743 g/mol. The molecule has 16 heteroatoms. The molecular weight excluding hydrogens is 709 g/mol. The van der Waals surface area contributed by atoms with E-state index >= 15 is 0 Å². The zero-order chi connectivity index (χ0) is 36.6. The van der Waals surface area contributed by atoms with Gasteiger partial charge in [0, 0.05) is 7.11 Å². The van der Waals surface area contributed by atoms with Crippen LogP contribution in [0.1, 0.15) is 11.1 Å². The SMILES string of the molecule is CO[C@@H]1O[C@H](COS(=O)(=O)c2ccc(C)cc2)[C@@H](OS(=O)(=O)c2ccc(C)cc2)[C@@H](OC(=O)Oc2ccccc2)[C@@H]1OC(=O)Oc1ccccc1. The van der Waals surface area contributed by atoms with Crippen molar-refractivity contribution in [2.45, 2.75) is 54.3 Å². The van der Waals surface area contributed by atoms with Crippen LogP contribution in [-0.4, -0.2) is 73.6 Å². The highest BCUT2D eigenvalue weighted by atomic mass is 32.2. The number of methoxy groups -OCH3 is 1. The zero-order valence-corrected chi connectivity index (χ0v) is 29.2. The number of hydrogen-bond donors (Lipinski definition) is 0. The predicted molar refractivity (Wildman–Crippen MR) is 178 cm³/mol. The molecule has 0 unspecified atom stereocenters. The maximum absolute atomic E-state index is 13.7. The Kier molecular flexibility index (Phi) is 12.1. The summed E-state index contributed by atoms with van der Waals surface area (Å²) in [7, 11) is -7.98. The molecule has 1 aliphatic rings. The molecule has 0 saturated carbocycles. The number of aryl methyl sites for hydroxylation is 2. The van der Waals surface area contributed by atoms with E-state index in [1.807, 2.05) is 0 Å². The van der Waals surface area contributed by atoms with Gasteiger partial charge in [-0.25, -0.2) is 9.59 Å². The molecule has 0 aliphatic carbocycles. The van der Waals surface area contributed by atoms with Crippen LogP contribution in [0.3, 0.4) is 0 Å². The number of benzene rings is 4. The Hall–Kier alpha value is -4.84. The molecule has 4 aromatic rings. The van der Waals surface area contributed by atoms with Crippen molar-refractivity contribution in [1.29, 1.82) is 0 Å². The number of carbonyl (C=O) groups excluding carboxylic acids is 2. The van der Waals surface area contributed by atoms with E-state index in [2.05, 4.69) is 0 Å². The first-order valence-corrected chi connectivity index (χ1v) is 18.2. The van der Waals surface area contributed by atoms with Crippen LogP contribution in [0.5, 0.6) is 11.5 Å². The molecule has 5 rings (SSSR count). The Labute approximate surface area is 295 Å². The Morgan fingerprint density at radius 1 is 0.608 bits per heavy atom. The van der Waals surface area contributed by atoms with Gasteiger partial charge in [0.1, 0.15) is 23.7 Å². The fraction of sp³-hybridized carbons (Fsp3) is 0.257. The number of carbonyl (C=O) groups is 2. The topological polar surface area (TPSA) is 176 Å². The lowest BCUT2D eigenvalue weighted by atomic mass is 9.99. The first-order valence-electron chi connectivity index (χ1n) is 15.4. The van der Waals surface area contributed by atoms with Gasteiger partial charge in [0.2, 0.25) is 0 Å². The second-order valence-corrected chi connectivity index (χ2v) is 14.3. The van der Waals surface area contributed by atoms with Crippen LogP contribution in [0.2, 0.25) is 0 Å². The number of para-hydroxylation sites is 2. The predicted octanol–water partition coefficient (Wildman–Crippen LogP) is 5.32. The highest BCUT2D eigenvalue weighted by Gasteiger charge is 2.54. The van der Waals surface area contributed by atoms with Gasteiger partial charge in [0.15, 0.2) is 18.5 Å². The van der Waals surface area contributed by atoms with Gasteiger partial charge in [-0.05, 0) is 62.4 Å². The van der Waals surface area contributed by atoms with Gasteiger partial charge in [-0.3, -0.25) is 8.37 Å². The Balaban J connectivity index is 1.52. The van der Waals surface area contributed by atoms with Gasteiger partial charge in [-0.1, -0.05) is 71.8 Å². The first kappa shape index (κ1) is 37.4. The smallest absolute Gasteiger partial charge is 0.424 e. The van der Waals surface area contributed by atoms with Crippen molar-refractivity contribution in [3.63, 3.8) is 0 Å². The largest absolute Gasteiger partial charge is 0.514 e. The summed E-state index contributed by atoms with van der Waals surface area (Å²) < 4.78 is 97.7. The molecule has 0 spiro atoms. The summed E-state index contributed by atoms with van der Waals surface area (Å²) in [5, 5.41) is 0. The second kappa shape index (κ2) is 16.5. The highest BCUT2D eigenvalue weighted by molar-refractivity contribution is 7.87. The van der Waals surface area contributed by atoms with E-state index in [1.165, 1.54) is 60.7 Å². The number of hydrogen-bond acceptors (Lipinski definition) is 14. The second-order valence-electron chi connectivity index (χ2n) is 11.2. The third-order valence-electron chi connectivity index (χ3n) is 7.42. The van der Waals surface area contributed by atoms with Crippen LogP contribution in [0.4, 0.5) is 9.59 Å². The lowest BCUT2D eigenvalue weighted by Gasteiger charge is -2.43. The van der Waals surface area contributed by atoms with Crippen LogP contribution in [0.15, 0.2) is 119 Å². The first-order chi connectivity index (χ1) is 24.3. The average Bonchev–Trinajstić information content (AvgIpc) is 3.10. The number of rotatable bonds is 12. The van der Waals surface area contributed by atoms with E-state index in [1.54, 1.807) is 62.4 Å². The van der Waals surface area contributed by atoms with E-state index in [0.29, 0.717) is 0 Å². The molecule has 1 fully saturated rings. The van der Waals surface area contributed by atoms with Crippen molar-refractivity contribution >= 4 is 32.5 Å². The molecule has 1 aliphatic heterocycles. The van der Waals surface area contributed by atoms with Crippen LogP contribution >= 0.6 is 0 Å². The lowest BCUT2D eigenvalue weighted by Crippen LogP contribution is -2.63. The third-order valence-corrected chi connectivity index (χ3v) is 10.0. The van der Waals surface area contributed by atoms with Gasteiger partial charge in [0.05, 0.1) is 16.4 Å². The molecule has 0 N–H and O–H groups in total. The van der Waals surface area contributed by atoms with E-state index in [4.69, 9.17) is 36.8 Å². The molecule has 5 atom stereocenters. The molecule has 51 heavy (non-hydrogen) atoms. The molecule has 14 nitrogen and oxygen atoms in total. The van der Waals surface area contributed by atoms with Crippen molar-refractivity contribution in [3.05, 3.63) is 120 Å². The minimum absolute atomic E-state index is 0.0626. The van der Waals surface area contributed by atoms with Crippen molar-refractivity contribution < 1.29 is 63.2 Å². The maximum Gasteiger partial charge on any atom is 0.514 e. The molecule has 0 amide bonds. The molecular formula is C35H34O14S2. The van der Waals surface area contributed by atoms with Gasteiger partial charge < -0.3 is 28.4 Å². The van der Waals surface area contributed by atoms with Crippen molar-refractivity contribution in [1.82, 2.24) is 0 Å². The third kappa shape index (κ3) is 9.90. The van der Waals surface area contributed by atoms with Gasteiger partial charge in [-0.15, -0.1) is 0 Å². The Morgan fingerprint density at radius 2 is 1.06 bits per heavy atom. The van der Waals surface area contributed by atoms with E-state index in [-0.39, 0.29) is 21.3 Å². The summed E-state index contributed by atoms with van der Waals surface area (Å²) in [5.41, 5.74) is 1.54. The van der Waals surface area contributed by atoms with E-state index in [0.717, 1.165) is 18.2 Å². The van der Waals surface area contributed by atoms with Crippen LogP contribution in [0, 0.1) is 13.8 Å². The minimum atomic E-state index is -4.70. The molecule has 0 bridgehead atoms. The Morgan fingerprint density at radius 3 is 1.53 bits per heavy atom. The van der Waals surface area contributed by atoms with Crippen LogP contribution in [0.25, 0.3) is 0 Å². The monoisotopic (exact) mass is 742 g/mol. The minimum Gasteiger partial charge on any atom is -0.424 e. The van der Waals surface area contributed by atoms with Crippen molar-refractivity contribution in [2.24, 2.45) is 0 Å². The van der Waals surface area contributed by atoms with Gasteiger partial charge in [-0.2, -0.15) is 16.8 Å². The Bertz CT molecular complexity index is 1990. The summed E-state index contributed by atoms with van der Waals surface area (Å²) in [4.78, 5) is 25.8. The van der Waals surface area contributed by atoms with Crippen molar-refractivity contribution in [3.8, 4) is 11.5 Å². The zero-order valence-electron chi connectivity index (χ0n) is 27.5. The van der Waals surface area contributed by atoms with Crippen LogP contribution < -0.4 is 9.47 Å². The molecule has 270 valence electrons. The van der Waals surface area contributed by atoms with Crippen LogP contribution in [-0.2, 0) is 47.5 Å². The van der Waals surface area contributed by atoms with Crippen molar-refractivity contribution in [2.75, 3.05) is 13.7 Å². The summed E-state index contributed by atoms with van der Waals surface area (Å²) in [6.07, 6.45) is -11.5. The molecule has 0 aromatic heterocycles. The molecule has 4 aromatic carbocycles. The normalized spacial score (nSPS) is 20.6. The summed E-state index contributed by atoms with van der Waals surface area (Å²) in [5.74, 6) is 0.157. The maximum atomic E-state index is 13.7. The molecule has 1 heterocycles. The fourth-order valence-corrected chi connectivity index (χ4v) is 6.88.